The van der Waals surface area contributed by atoms with Crippen molar-refractivity contribution in [3.8, 4) is 0 Å². The van der Waals surface area contributed by atoms with Crippen molar-refractivity contribution in [3.63, 3.8) is 0 Å². The fourth-order valence-electron chi connectivity index (χ4n) is 3.71. The molecule has 1 aromatic rings. The molecule has 0 bridgehead atoms. The molecule has 3 heteroatoms. The predicted octanol–water partition coefficient (Wildman–Crippen LogP) is 2.66. The first-order valence-electron chi connectivity index (χ1n) is 7.72. The molecule has 1 aliphatic carbocycles. The minimum absolute atomic E-state index is 0.249. The molecule has 0 aromatic heterocycles. The van der Waals surface area contributed by atoms with E-state index in [0.29, 0.717) is 0 Å². The largest absolute Gasteiger partial charge is 0.337 e. The highest BCUT2D eigenvalue weighted by molar-refractivity contribution is 5.86. The molecule has 2 unspecified atom stereocenters. The number of carbonyl (C=O) groups excluding carboxylic acids is 1. The Bertz CT molecular complexity index is 505. The molecule has 0 radical (unpaired) electrons. The van der Waals surface area contributed by atoms with Gasteiger partial charge in [-0.15, -0.1) is 0 Å². The van der Waals surface area contributed by atoms with Gasteiger partial charge in [0.2, 0.25) is 5.91 Å². The van der Waals surface area contributed by atoms with Gasteiger partial charge in [-0.3, -0.25) is 4.79 Å². The van der Waals surface area contributed by atoms with Crippen LogP contribution >= 0.6 is 0 Å². The van der Waals surface area contributed by atoms with Crippen LogP contribution in [0.2, 0.25) is 0 Å². The number of fused-ring (bicyclic) bond motifs is 1. The molecular formula is C17H24N2O. The average molecular weight is 272 g/mol. The molecule has 1 fully saturated rings. The van der Waals surface area contributed by atoms with Crippen LogP contribution in [0.4, 0.5) is 0 Å². The molecule has 1 aliphatic heterocycles. The van der Waals surface area contributed by atoms with Gasteiger partial charge < -0.3 is 10.2 Å². The highest BCUT2D eigenvalue weighted by Gasteiger charge is 2.39. The Morgan fingerprint density at radius 3 is 2.90 bits per heavy atom. The molecule has 0 saturated carbocycles. The van der Waals surface area contributed by atoms with E-state index in [1.165, 1.54) is 17.5 Å². The van der Waals surface area contributed by atoms with Crippen LogP contribution in [0.3, 0.4) is 0 Å². The monoisotopic (exact) mass is 272 g/mol. The number of rotatable bonds is 2. The van der Waals surface area contributed by atoms with Crippen molar-refractivity contribution in [1.29, 1.82) is 0 Å². The van der Waals surface area contributed by atoms with Crippen LogP contribution in [0.15, 0.2) is 24.3 Å². The van der Waals surface area contributed by atoms with Crippen molar-refractivity contribution in [1.82, 2.24) is 10.2 Å². The van der Waals surface area contributed by atoms with E-state index in [1.807, 2.05) is 11.9 Å². The lowest BCUT2D eigenvalue weighted by atomic mass is 9.89. The minimum Gasteiger partial charge on any atom is -0.337 e. The quantitative estimate of drug-likeness (QED) is 0.897. The summed E-state index contributed by atoms with van der Waals surface area (Å²) in [4.78, 5) is 14.9. The van der Waals surface area contributed by atoms with E-state index in [0.717, 1.165) is 32.2 Å². The molecule has 1 N–H and O–H groups in total. The lowest BCUT2D eigenvalue weighted by molar-refractivity contribution is -0.139. The average Bonchev–Trinajstić information content (AvgIpc) is 2.90. The smallest absolute Gasteiger partial charge is 0.242 e. The Kier molecular flexibility index (Phi) is 3.55. The van der Waals surface area contributed by atoms with E-state index in [9.17, 15) is 4.79 Å². The summed E-state index contributed by atoms with van der Waals surface area (Å²) in [6, 6.07) is 8.78. The van der Waals surface area contributed by atoms with Gasteiger partial charge in [0.05, 0.1) is 11.6 Å². The summed E-state index contributed by atoms with van der Waals surface area (Å²) in [6.45, 7) is 3.02. The number of benzene rings is 1. The van der Waals surface area contributed by atoms with Crippen molar-refractivity contribution >= 4 is 5.91 Å². The Balaban J connectivity index is 1.79. The van der Waals surface area contributed by atoms with E-state index >= 15 is 0 Å². The number of carbonyl (C=O) groups is 1. The summed E-state index contributed by atoms with van der Waals surface area (Å²) in [5.74, 6) is 0.249. The third-order valence-corrected chi connectivity index (χ3v) is 4.98. The third kappa shape index (κ3) is 2.24. The van der Waals surface area contributed by atoms with Gasteiger partial charge in [0.15, 0.2) is 0 Å². The number of nitrogens with one attached hydrogen (secondary N) is 1. The minimum atomic E-state index is -0.371. The molecule has 2 aliphatic rings. The van der Waals surface area contributed by atoms with Crippen molar-refractivity contribution in [2.75, 3.05) is 13.6 Å². The second kappa shape index (κ2) is 5.21. The Labute approximate surface area is 121 Å². The highest BCUT2D eigenvalue weighted by atomic mass is 16.2. The maximum Gasteiger partial charge on any atom is 0.242 e. The standard InChI is InChI=1S/C17H24N2O/c1-17(11-5-6-12-18-17)16(20)19(2)15-10-9-13-7-3-4-8-14(13)15/h3-4,7-8,15,18H,5-6,9-12H2,1-2H3. The van der Waals surface area contributed by atoms with Crippen molar-refractivity contribution in [3.05, 3.63) is 35.4 Å². The summed E-state index contributed by atoms with van der Waals surface area (Å²) >= 11 is 0. The fraction of sp³-hybridized carbons (Fsp3) is 0.588. The molecule has 1 heterocycles. The molecule has 2 atom stereocenters. The van der Waals surface area contributed by atoms with E-state index in [1.54, 1.807) is 0 Å². The molecule has 3 nitrogen and oxygen atoms in total. The van der Waals surface area contributed by atoms with Crippen LogP contribution in [0.1, 0.15) is 49.8 Å². The normalized spacial score (nSPS) is 29.0. The Hall–Kier alpha value is -1.35. The van der Waals surface area contributed by atoms with E-state index in [4.69, 9.17) is 0 Å². The Morgan fingerprint density at radius 1 is 1.35 bits per heavy atom. The van der Waals surface area contributed by atoms with Gasteiger partial charge in [0, 0.05) is 7.05 Å². The van der Waals surface area contributed by atoms with Crippen LogP contribution in [0.5, 0.6) is 0 Å². The summed E-state index contributed by atoms with van der Waals surface area (Å²) < 4.78 is 0. The van der Waals surface area contributed by atoms with Crippen molar-refractivity contribution < 1.29 is 4.79 Å². The molecular weight excluding hydrogens is 248 g/mol. The molecule has 20 heavy (non-hydrogen) atoms. The number of hydrogen-bond acceptors (Lipinski definition) is 2. The highest BCUT2D eigenvalue weighted by Crippen LogP contribution is 2.36. The SMILES string of the molecule is CN(C(=O)C1(C)CCCCN1)C1CCc2ccccc21. The number of hydrogen-bond donors (Lipinski definition) is 1. The van der Waals surface area contributed by atoms with E-state index in [-0.39, 0.29) is 17.5 Å². The van der Waals surface area contributed by atoms with Gasteiger partial charge in [-0.05, 0) is 56.7 Å². The van der Waals surface area contributed by atoms with E-state index < -0.39 is 0 Å². The van der Waals surface area contributed by atoms with Crippen LogP contribution in [0.25, 0.3) is 0 Å². The van der Waals surface area contributed by atoms with Gasteiger partial charge in [-0.2, -0.15) is 0 Å². The van der Waals surface area contributed by atoms with Gasteiger partial charge in [-0.1, -0.05) is 24.3 Å². The predicted molar refractivity (Wildman–Crippen MR) is 80.5 cm³/mol. The van der Waals surface area contributed by atoms with Gasteiger partial charge in [-0.25, -0.2) is 0 Å². The van der Waals surface area contributed by atoms with Gasteiger partial charge >= 0.3 is 0 Å². The first kappa shape index (κ1) is 13.6. The van der Waals surface area contributed by atoms with Crippen molar-refractivity contribution in [2.45, 2.75) is 50.6 Å². The van der Waals surface area contributed by atoms with Gasteiger partial charge in [0.1, 0.15) is 0 Å². The molecule has 1 aromatic carbocycles. The molecule has 3 rings (SSSR count). The van der Waals surface area contributed by atoms with Crippen LogP contribution < -0.4 is 5.32 Å². The zero-order valence-electron chi connectivity index (χ0n) is 12.5. The number of aryl methyl sites for hydroxylation is 1. The molecule has 108 valence electrons. The van der Waals surface area contributed by atoms with Gasteiger partial charge in [0.25, 0.3) is 0 Å². The second-order valence-corrected chi connectivity index (χ2v) is 6.39. The summed E-state index contributed by atoms with van der Waals surface area (Å²) in [5, 5.41) is 3.43. The maximum atomic E-state index is 12.9. The van der Waals surface area contributed by atoms with Crippen molar-refractivity contribution in [2.24, 2.45) is 0 Å². The summed E-state index contributed by atoms with van der Waals surface area (Å²) in [5.41, 5.74) is 2.37. The lowest BCUT2D eigenvalue weighted by Gasteiger charge is -2.39. The Morgan fingerprint density at radius 2 is 2.15 bits per heavy atom. The summed E-state index contributed by atoms with van der Waals surface area (Å²) in [6.07, 6.45) is 5.41. The molecule has 1 saturated heterocycles. The molecule has 0 spiro atoms. The second-order valence-electron chi connectivity index (χ2n) is 6.39. The first-order valence-corrected chi connectivity index (χ1v) is 7.72. The van der Waals surface area contributed by atoms with Crippen LogP contribution in [-0.4, -0.2) is 29.9 Å². The maximum absolute atomic E-state index is 12.9. The summed E-state index contributed by atoms with van der Waals surface area (Å²) in [7, 11) is 1.97. The zero-order valence-corrected chi connectivity index (χ0v) is 12.5. The number of amides is 1. The fourth-order valence-corrected chi connectivity index (χ4v) is 3.71. The first-order chi connectivity index (χ1) is 9.62. The van der Waals surface area contributed by atoms with Crippen LogP contribution in [0, 0.1) is 0 Å². The topological polar surface area (TPSA) is 32.3 Å². The van der Waals surface area contributed by atoms with Crippen LogP contribution in [-0.2, 0) is 11.2 Å². The van der Waals surface area contributed by atoms with E-state index in [2.05, 4.69) is 36.5 Å². The molecule has 1 amide bonds. The third-order valence-electron chi connectivity index (χ3n) is 4.98. The lowest BCUT2D eigenvalue weighted by Crippen LogP contribution is -2.57. The zero-order chi connectivity index (χ0) is 14.2. The number of piperidine rings is 1. The number of nitrogens with zero attached hydrogens (tertiary/aromatic N) is 1. The number of likely N-dealkylation sites (N-methyl/N-ethyl adjacent to an activating group) is 1.